The van der Waals surface area contributed by atoms with Gasteiger partial charge in [-0.1, -0.05) is 66.7 Å². The van der Waals surface area contributed by atoms with Crippen LogP contribution >= 0.6 is 0 Å². The predicted octanol–water partition coefficient (Wildman–Crippen LogP) is 4.25. The van der Waals surface area contributed by atoms with Gasteiger partial charge in [0.05, 0.1) is 5.56 Å². The number of benzene rings is 3. The molecule has 3 aromatic carbocycles. The molecular weight excluding hydrogens is 282 g/mol. The van der Waals surface area contributed by atoms with Crippen LogP contribution in [0.15, 0.2) is 78.9 Å². The van der Waals surface area contributed by atoms with E-state index in [9.17, 15) is 13.9 Å². The van der Waals surface area contributed by atoms with Crippen LogP contribution in [0, 0.1) is 11.6 Å². The van der Waals surface area contributed by atoms with Gasteiger partial charge < -0.3 is 5.11 Å². The molecule has 0 saturated carbocycles. The van der Waals surface area contributed by atoms with Crippen molar-refractivity contribution in [2.75, 3.05) is 0 Å². The Balaban J connectivity index is 2.34. The summed E-state index contributed by atoms with van der Waals surface area (Å²) in [6.07, 6.45) is 0. The summed E-state index contributed by atoms with van der Waals surface area (Å²) in [6.45, 7) is 0. The Morgan fingerprint density at radius 3 is 1.41 bits per heavy atom. The van der Waals surface area contributed by atoms with Gasteiger partial charge in [-0.2, -0.15) is 0 Å². The third-order valence-electron chi connectivity index (χ3n) is 3.71. The molecule has 0 saturated heterocycles. The third-order valence-corrected chi connectivity index (χ3v) is 3.71. The minimum atomic E-state index is -1.89. The molecule has 0 unspecified atom stereocenters. The molecule has 0 aromatic heterocycles. The molecule has 0 fully saturated rings. The molecule has 3 heteroatoms. The van der Waals surface area contributed by atoms with Crippen LogP contribution < -0.4 is 0 Å². The van der Waals surface area contributed by atoms with E-state index in [-0.39, 0.29) is 5.56 Å². The van der Waals surface area contributed by atoms with Gasteiger partial charge in [-0.3, -0.25) is 0 Å². The molecule has 0 aliphatic rings. The molecular formula is C19H14F2O. The van der Waals surface area contributed by atoms with E-state index in [0.29, 0.717) is 11.1 Å². The summed E-state index contributed by atoms with van der Waals surface area (Å²) in [7, 11) is 0. The summed E-state index contributed by atoms with van der Waals surface area (Å²) in [5.41, 5.74) is -1.44. The predicted molar refractivity (Wildman–Crippen MR) is 81.3 cm³/mol. The first-order chi connectivity index (χ1) is 10.6. The van der Waals surface area contributed by atoms with Crippen LogP contribution in [0.5, 0.6) is 0 Å². The summed E-state index contributed by atoms with van der Waals surface area (Å²) >= 11 is 0. The molecule has 0 heterocycles. The Morgan fingerprint density at radius 1 is 0.591 bits per heavy atom. The molecule has 3 aromatic rings. The van der Waals surface area contributed by atoms with Crippen molar-refractivity contribution >= 4 is 0 Å². The van der Waals surface area contributed by atoms with E-state index < -0.39 is 17.2 Å². The molecule has 0 aliphatic carbocycles. The van der Waals surface area contributed by atoms with Crippen molar-refractivity contribution in [2.45, 2.75) is 5.60 Å². The van der Waals surface area contributed by atoms with E-state index in [4.69, 9.17) is 0 Å². The van der Waals surface area contributed by atoms with Gasteiger partial charge in [0.15, 0.2) is 0 Å². The highest BCUT2D eigenvalue weighted by atomic mass is 19.1. The van der Waals surface area contributed by atoms with Crippen LogP contribution in [0.2, 0.25) is 0 Å². The lowest BCUT2D eigenvalue weighted by Gasteiger charge is -2.30. The highest BCUT2D eigenvalue weighted by Crippen LogP contribution is 2.39. The number of rotatable bonds is 3. The van der Waals surface area contributed by atoms with Crippen LogP contribution in [0.25, 0.3) is 0 Å². The average molecular weight is 296 g/mol. The zero-order chi connectivity index (χ0) is 15.6. The fraction of sp³-hybridized carbons (Fsp3) is 0.0526. The van der Waals surface area contributed by atoms with Crippen LogP contribution in [0.3, 0.4) is 0 Å². The summed E-state index contributed by atoms with van der Waals surface area (Å²) in [4.78, 5) is 0. The maximum Gasteiger partial charge on any atom is 0.146 e. The van der Waals surface area contributed by atoms with Crippen molar-refractivity contribution in [1.29, 1.82) is 0 Å². The van der Waals surface area contributed by atoms with Gasteiger partial charge in [0.1, 0.15) is 17.2 Å². The molecule has 0 amide bonds. The first-order valence-electron chi connectivity index (χ1n) is 6.92. The number of halogens is 2. The van der Waals surface area contributed by atoms with E-state index in [1.807, 2.05) is 0 Å². The van der Waals surface area contributed by atoms with E-state index in [1.165, 1.54) is 6.07 Å². The minimum absolute atomic E-state index is 0.368. The first kappa shape index (κ1) is 14.4. The largest absolute Gasteiger partial charge is 0.376 e. The Labute approximate surface area is 127 Å². The molecule has 0 radical (unpaired) electrons. The smallest absolute Gasteiger partial charge is 0.146 e. The second-order valence-electron chi connectivity index (χ2n) is 5.04. The second-order valence-corrected chi connectivity index (χ2v) is 5.04. The van der Waals surface area contributed by atoms with Gasteiger partial charge >= 0.3 is 0 Å². The molecule has 0 spiro atoms. The van der Waals surface area contributed by atoms with E-state index in [0.717, 1.165) is 12.1 Å². The zero-order valence-electron chi connectivity index (χ0n) is 11.7. The van der Waals surface area contributed by atoms with Crippen molar-refractivity contribution in [3.05, 3.63) is 107 Å². The van der Waals surface area contributed by atoms with Gasteiger partial charge in [-0.05, 0) is 23.3 Å². The van der Waals surface area contributed by atoms with Gasteiger partial charge in [0.2, 0.25) is 0 Å². The first-order valence-corrected chi connectivity index (χ1v) is 6.92. The van der Waals surface area contributed by atoms with Crippen molar-refractivity contribution < 1.29 is 13.9 Å². The maximum atomic E-state index is 14.3. The lowest BCUT2D eigenvalue weighted by molar-refractivity contribution is 0.116. The molecule has 0 atom stereocenters. The molecule has 22 heavy (non-hydrogen) atoms. The molecule has 0 bridgehead atoms. The normalized spacial score (nSPS) is 11.4. The van der Waals surface area contributed by atoms with Crippen molar-refractivity contribution in [2.24, 2.45) is 0 Å². The number of hydrogen-bond acceptors (Lipinski definition) is 1. The van der Waals surface area contributed by atoms with Gasteiger partial charge in [0, 0.05) is 0 Å². The molecule has 1 nitrogen and oxygen atoms in total. The van der Waals surface area contributed by atoms with E-state index >= 15 is 0 Å². The Hall–Kier alpha value is -2.52. The average Bonchev–Trinajstić information content (AvgIpc) is 2.56. The summed E-state index contributed by atoms with van der Waals surface area (Å²) < 4.78 is 28.6. The lowest BCUT2D eigenvalue weighted by Crippen LogP contribution is -2.31. The maximum absolute atomic E-state index is 14.3. The van der Waals surface area contributed by atoms with Crippen LogP contribution in [-0.4, -0.2) is 5.11 Å². The van der Waals surface area contributed by atoms with E-state index in [1.54, 1.807) is 60.7 Å². The fourth-order valence-corrected chi connectivity index (χ4v) is 2.66. The monoisotopic (exact) mass is 296 g/mol. The van der Waals surface area contributed by atoms with Crippen LogP contribution in [0.1, 0.15) is 16.7 Å². The Bertz CT molecular complexity index is 710. The lowest BCUT2D eigenvalue weighted by atomic mass is 9.80. The Morgan fingerprint density at radius 2 is 1.00 bits per heavy atom. The summed E-state index contributed by atoms with van der Waals surface area (Å²) in [5, 5.41) is 11.3. The molecule has 1 N–H and O–H groups in total. The quantitative estimate of drug-likeness (QED) is 0.716. The van der Waals surface area contributed by atoms with Gasteiger partial charge in [-0.25, -0.2) is 8.78 Å². The van der Waals surface area contributed by atoms with E-state index in [2.05, 4.69) is 0 Å². The molecule has 0 aliphatic heterocycles. The van der Waals surface area contributed by atoms with Crippen LogP contribution in [-0.2, 0) is 5.60 Å². The van der Waals surface area contributed by atoms with Crippen molar-refractivity contribution in [1.82, 2.24) is 0 Å². The zero-order valence-corrected chi connectivity index (χ0v) is 11.7. The van der Waals surface area contributed by atoms with Gasteiger partial charge in [-0.15, -0.1) is 0 Å². The summed E-state index contributed by atoms with van der Waals surface area (Å²) in [6, 6.07) is 20.7. The highest BCUT2D eigenvalue weighted by molar-refractivity contribution is 5.47. The van der Waals surface area contributed by atoms with Gasteiger partial charge in [0.25, 0.3) is 0 Å². The highest BCUT2D eigenvalue weighted by Gasteiger charge is 2.38. The molecule has 3 rings (SSSR count). The number of hydrogen-bond donors (Lipinski definition) is 1. The Kier molecular flexibility index (Phi) is 3.73. The fourth-order valence-electron chi connectivity index (χ4n) is 2.66. The SMILES string of the molecule is OC(c1ccccc1)(c1ccccc1)c1c(F)cccc1F. The standard InChI is InChI=1S/C19H14F2O/c20-16-12-7-13-17(21)18(16)19(22,14-8-3-1-4-9-14)15-10-5-2-6-11-15/h1-13,22H. The second kappa shape index (κ2) is 5.70. The summed E-state index contributed by atoms with van der Waals surface area (Å²) in [5.74, 6) is -1.56. The van der Waals surface area contributed by atoms with Crippen LogP contribution in [0.4, 0.5) is 8.78 Å². The van der Waals surface area contributed by atoms with Crippen molar-refractivity contribution in [3.63, 3.8) is 0 Å². The van der Waals surface area contributed by atoms with Crippen molar-refractivity contribution in [3.8, 4) is 0 Å². The topological polar surface area (TPSA) is 20.2 Å². The number of aliphatic hydroxyl groups is 1. The molecule has 110 valence electrons. The minimum Gasteiger partial charge on any atom is -0.376 e. The third kappa shape index (κ3) is 2.30.